The van der Waals surface area contributed by atoms with Crippen LogP contribution in [0.2, 0.25) is 0 Å². The van der Waals surface area contributed by atoms with Gasteiger partial charge in [-0.3, -0.25) is 4.68 Å². The average molecular weight is 298 g/mol. The normalized spacial score (nSPS) is 10.4. The molecular weight excluding hydrogens is 274 g/mol. The highest BCUT2D eigenvalue weighted by atomic mass is 35.5. The summed E-state index contributed by atoms with van der Waals surface area (Å²) in [4.78, 5) is 0. The Morgan fingerprint density at radius 3 is 2.60 bits per heavy atom. The van der Waals surface area contributed by atoms with Crippen molar-refractivity contribution in [1.82, 2.24) is 19.6 Å². The first-order valence-corrected chi connectivity index (χ1v) is 6.95. The number of halogens is 1. The third-order valence-electron chi connectivity index (χ3n) is 3.16. The minimum atomic E-state index is 0. The average Bonchev–Trinajstić information content (AvgIpc) is 2.90. The van der Waals surface area contributed by atoms with Crippen molar-refractivity contribution in [1.29, 1.82) is 0 Å². The maximum atomic E-state index is 4.51. The van der Waals surface area contributed by atoms with Gasteiger partial charge in [-0.25, -0.2) is 4.68 Å². The van der Waals surface area contributed by atoms with Gasteiger partial charge in [0.25, 0.3) is 0 Å². The maximum Gasteiger partial charge on any atom is 0.124 e. The molecule has 0 unspecified atom stereocenters. The summed E-state index contributed by atoms with van der Waals surface area (Å²) in [6, 6.07) is 2.08. The van der Waals surface area contributed by atoms with Crippen molar-refractivity contribution < 1.29 is 0 Å². The minimum Gasteiger partial charge on any atom is -0.366 e. The van der Waals surface area contributed by atoms with Gasteiger partial charge in [0.15, 0.2) is 0 Å². The van der Waals surface area contributed by atoms with Gasteiger partial charge < -0.3 is 5.32 Å². The lowest BCUT2D eigenvalue weighted by Gasteiger charge is -2.07. The molecule has 2 aromatic rings. The fourth-order valence-electron chi connectivity index (χ4n) is 2.19. The summed E-state index contributed by atoms with van der Waals surface area (Å²) in [6.07, 6.45) is 3.24. The van der Waals surface area contributed by atoms with Gasteiger partial charge in [-0.1, -0.05) is 6.92 Å². The molecule has 0 bridgehead atoms. The van der Waals surface area contributed by atoms with E-state index in [1.807, 2.05) is 16.3 Å². The van der Waals surface area contributed by atoms with Gasteiger partial charge >= 0.3 is 0 Å². The SMILES string of the molecule is CCCn1cc(CNc2cc(C)nn2CC)c(C)n1.Cl. The van der Waals surface area contributed by atoms with Crippen LogP contribution in [0.25, 0.3) is 0 Å². The van der Waals surface area contributed by atoms with Crippen molar-refractivity contribution in [2.75, 3.05) is 5.32 Å². The van der Waals surface area contributed by atoms with E-state index < -0.39 is 0 Å². The molecule has 2 heterocycles. The van der Waals surface area contributed by atoms with E-state index in [4.69, 9.17) is 0 Å². The highest BCUT2D eigenvalue weighted by Crippen LogP contribution is 2.13. The Morgan fingerprint density at radius 2 is 1.95 bits per heavy atom. The van der Waals surface area contributed by atoms with Gasteiger partial charge in [0, 0.05) is 37.5 Å². The predicted molar refractivity (Wildman–Crippen MR) is 84.5 cm³/mol. The van der Waals surface area contributed by atoms with Crippen LogP contribution < -0.4 is 5.32 Å². The lowest BCUT2D eigenvalue weighted by Crippen LogP contribution is -2.07. The minimum absolute atomic E-state index is 0. The molecule has 1 N–H and O–H groups in total. The summed E-state index contributed by atoms with van der Waals surface area (Å²) >= 11 is 0. The number of hydrogen-bond donors (Lipinski definition) is 1. The van der Waals surface area contributed by atoms with Gasteiger partial charge in [0.1, 0.15) is 5.82 Å². The van der Waals surface area contributed by atoms with Crippen LogP contribution >= 0.6 is 12.4 Å². The van der Waals surface area contributed by atoms with Crippen LogP contribution in [0, 0.1) is 13.8 Å². The van der Waals surface area contributed by atoms with Crippen molar-refractivity contribution in [3.05, 3.63) is 29.2 Å². The van der Waals surface area contributed by atoms with Crippen LogP contribution in [-0.2, 0) is 19.6 Å². The van der Waals surface area contributed by atoms with E-state index in [1.54, 1.807) is 0 Å². The Kier molecular flexibility index (Phi) is 6.07. The van der Waals surface area contributed by atoms with Crippen LogP contribution in [0.4, 0.5) is 5.82 Å². The molecule has 0 aromatic carbocycles. The van der Waals surface area contributed by atoms with Crippen LogP contribution in [-0.4, -0.2) is 19.6 Å². The van der Waals surface area contributed by atoms with Crippen LogP contribution in [0.3, 0.4) is 0 Å². The molecule has 0 aliphatic heterocycles. The van der Waals surface area contributed by atoms with E-state index in [1.165, 1.54) is 5.56 Å². The predicted octanol–water partition coefficient (Wildman–Crippen LogP) is 3.16. The van der Waals surface area contributed by atoms with Gasteiger partial charge in [0.05, 0.1) is 11.4 Å². The van der Waals surface area contributed by atoms with E-state index in [0.29, 0.717) is 0 Å². The first kappa shape index (κ1) is 16.6. The molecular formula is C14H24ClN5. The van der Waals surface area contributed by atoms with E-state index in [9.17, 15) is 0 Å². The molecule has 0 atom stereocenters. The van der Waals surface area contributed by atoms with E-state index in [-0.39, 0.29) is 12.4 Å². The number of aryl methyl sites for hydroxylation is 4. The Hall–Kier alpha value is -1.49. The summed E-state index contributed by atoms with van der Waals surface area (Å²) in [5.41, 5.74) is 3.39. The number of rotatable bonds is 6. The second-order valence-corrected chi connectivity index (χ2v) is 4.84. The molecule has 2 aromatic heterocycles. The van der Waals surface area contributed by atoms with Gasteiger partial charge in [-0.05, 0) is 27.2 Å². The van der Waals surface area contributed by atoms with Gasteiger partial charge in [-0.2, -0.15) is 10.2 Å². The highest BCUT2D eigenvalue weighted by Gasteiger charge is 2.07. The Morgan fingerprint density at radius 1 is 1.20 bits per heavy atom. The monoisotopic (exact) mass is 297 g/mol. The fraction of sp³-hybridized carbons (Fsp3) is 0.571. The largest absolute Gasteiger partial charge is 0.366 e. The Labute approximate surface area is 126 Å². The lowest BCUT2D eigenvalue weighted by molar-refractivity contribution is 0.598. The highest BCUT2D eigenvalue weighted by molar-refractivity contribution is 5.85. The smallest absolute Gasteiger partial charge is 0.124 e. The molecule has 0 aliphatic rings. The molecule has 0 aliphatic carbocycles. The summed E-state index contributed by atoms with van der Waals surface area (Å²) < 4.78 is 4.01. The van der Waals surface area contributed by atoms with Crippen molar-refractivity contribution in [2.45, 2.75) is 53.8 Å². The molecule has 0 fully saturated rings. The lowest BCUT2D eigenvalue weighted by atomic mass is 10.2. The number of hydrogen-bond acceptors (Lipinski definition) is 3. The number of nitrogens with one attached hydrogen (secondary N) is 1. The zero-order valence-corrected chi connectivity index (χ0v) is 13.5. The third kappa shape index (κ3) is 3.76. The summed E-state index contributed by atoms with van der Waals surface area (Å²) in [6.45, 7) is 11.0. The maximum absolute atomic E-state index is 4.51. The first-order chi connectivity index (χ1) is 9.13. The summed E-state index contributed by atoms with van der Waals surface area (Å²) in [7, 11) is 0. The van der Waals surface area contributed by atoms with Crippen molar-refractivity contribution in [3.8, 4) is 0 Å². The number of anilines is 1. The van der Waals surface area contributed by atoms with E-state index >= 15 is 0 Å². The quantitative estimate of drug-likeness (QED) is 0.891. The van der Waals surface area contributed by atoms with Gasteiger partial charge in [-0.15, -0.1) is 12.4 Å². The van der Waals surface area contributed by atoms with Crippen LogP contribution in [0.5, 0.6) is 0 Å². The topological polar surface area (TPSA) is 47.7 Å². The second kappa shape index (κ2) is 7.33. The molecule has 5 nitrogen and oxygen atoms in total. The molecule has 0 radical (unpaired) electrons. The summed E-state index contributed by atoms with van der Waals surface area (Å²) in [5, 5.41) is 12.4. The second-order valence-electron chi connectivity index (χ2n) is 4.84. The fourth-order valence-corrected chi connectivity index (χ4v) is 2.19. The molecule has 112 valence electrons. The van der Waals surface area contributed by atoms with E-state index in [2.05, 4.69) is 48.5 Å². The number of nitrogens with zero attached hydrogens (tertiary/aromatic N) is 4. The molecule has 2 rings (SSSR count). The summed E-state index contributed by atoms with van der Waals surface area (Å²) in [5.74, 6) is 1.07. The third-order valence-corrected chi connectivity index (χ3v) is 3.16. The number of aromatic nitrogens is 4. The molecule has 0 spiro atoms. The first-order valence-electron chi connectivity index (χ1n) is 6.95. The van der Waals surface area contributed by atoms with Crippen LogP contribution in [0.1, 0.15) is 37.2 Å². The van der Waals surface area contributed by atoms with Gasteiger partial charge in [0.2, 0.25) is 0 Å². The Balaban J connectivity index is 0.00000200. The molecule has 0 saturated heterocycles. The van der Waals surface area contributed by atoms with Crippen molar-refractivity contribution >= 4 is 18.2 Å². The zero-order valence-electron chi connectivity index (χ0n) is 12.7. The van der Waals surface area contributed by atoms with Crippen molar-refractivity contribution in [3.63, 3.8) is 0 Å². The molecule has 0 saturated carbocycles. The zero-order chi connectivity index (χ0) is 13.8. The molecule has 6 heteroatoms. The van der Waals surface area contributed by atoms with Crippen LogP contribution in [0.15, 0.2) is 12.3 Å². The van der Waals surface area contributed by atoms with Crippen molar-refractivity contribution in [2.24, 2.45) is 0 Å². The van der Waals surface area contributed by atoms with E-state index in [0.717, 1.165) is 43.3 Å². The molecule has 20 heavy (non-hydrogen) atoms. The standard InChI is InChI=1S/C14H23N5.ClH/c1-5-7-18-10-13(12(4)17-18)9-15-14-8-11(3)16-19(14)6-2;/h8,10,15H,5-7,9H2,1-4H3;1H. The Bertz CT molecular complexity index is 544. The molecule has 0 amide bonds.